The Kier molecular flexibility index (Phi) is 1.89. The summed E-state index contributed by atoms with van der Waals surface area (Å²) in [6, 6.07) is 8.20. The van der Waals surface area contributed by atoms with E-state index in [0.29, 0.717) is 0 Å². The molecule has 3 heteroatoms. The van der Waals surface area contributed by atoms with Crippen LogP contribution < -0.4 is 4.74 Å². The third-order valence-corrected chi connectivity index (χ3v) is 0.944. The number of benzene rings is 1. The van der Waals surface area contributed by atoms with Crippen LogP contribution in [0.15, 0.2) is 30.3 Å². The molecule has 0 fully saturated rings. The van der Waals surface area contributed by atoms with Crippen molar-refractivity contribution in [2.75, 3.05) is 0 Å². The molecule has 1 radical (unpaired) electrons. The van der Waals surface area contributed by atoms with Crippen molar-refractivity contribution in [1.29, 1.82) is 0 Å². The van der Waals surface area contributed by atoms with E-state index in [-0.39, 0.29) is 5.75 Å². The molecule has 0 saturated heterocycles. The average molecular weight is 137 g/mol. The summed E-state index contributed by atoms with van der Waals surface area (Å²) >= 11 is 0. The Labute approximate surface area is 57.9 Å². The van der Waals surface area contributed by atoms with Crippen molar-refractivity contribution in [1.82, 2.24) is 0 Å². The molecule has 1 rings (SSSR count). The topological polar surface area (TPSA) is 46.2 Å². The zero-order chi connectivity index (χ0) is 7.40. The molecule has 0 spiro atoms. The lowest BCUT2D eigenvalue weighted by molar-refractivity contribution is 0.117. The summed E-state index contributed by atoms with van der Waals surface area (Å²) in [6.07, 6.45) is -1.54. The van der Waals surface area contributed by atoms with Crippen LogP contribution in [0.25, 0.3) is 0 Å². The van der Waals surface area contributed by atoms with Crippen LogP contribution in [-0.2, 0) is 5.11 Å². The van der Waals surface area contributed by atoms with Crippen LogP contribution >= 0.6 is 0 Å². The first-order chi connectivity index (χ1) is 4.79. The lowest BCUT2D eigenvalue weighted by Gasteiger charge is -1.93. The van der Waals surface area contributed by atoms with Gasteiger partial charge < -0.3 is 4.74 Å². The van der Waals surface area contributed by atoms with Crippen LogP contribution in [0, 0.1) is 0 Å². The second kappa shape index (κ2) is 2.87. The Morgan fingerprint density at radius 3 is 2.30 bits per heavy atom. The van der Waals surface area contributed by atoms with Crippen LogP contribution in [0.1, 0.15) is 0 Å². The smallest absolute Gasteiger partial charge is 0.392 e. The van der Waals surface area contributed by atoms with Gasteiger partial charge in [0.2, 0.25) is 0 Å². The maximum atomic E-state index is 9.84. The van der Waals surface area contributed by atoms with Gasteiger partial charge in [0.25, 0.3) is 0 Å². The summed E-state index contributed by atoms with van der Waals surface area (Å²) in [5, 5.41) is 9.84. The van der Waals surface area contributed by atoms with E-state index in [1.807, 2.05) is 0 Å². The number of hydrogen-bond acceptors (Lipinski definition) is 2. The predicted octanol–water partition coefficient (Wildman–Crippen LogP) is 1.62. The van der Waals surface area contributed by atoms with Crippen LogP contribution in [0.5, 0.6) is 5.75 Å². The maximum absolute atomic E-state index is 9.84. The van der Waals surface area contributed by atoms with Crippen molar-refractivity contribution in [3.05, 3.63) is 30.3 Å². The second-order valence-corrected chi connectivity index (χ2v) is 1.67. The molecule has 0 unspecified atom stereocenters. The van der Waals surface area contributed by atoms with Gasteiger partial charge in [-0.05, 0) is 12.1 Å². The minimum atomic E-state index is -1.54. The lowest BCUT2D eigenvalue weighted by Crippen LogP contribution is -2.00. The van der Waals surface area contributed by atoms with E-state index in [2.05, 4.69) is 4.74 Å². The quantitative estimate of drug-likeness (QED) is 0.436. The van der Waals surface area contributed by atoms with Gasteiger partial charge in [-0.3, -0.25) is 0 Å². The normalized spacial score (nSPS) is 8.80. The molecule has 0 atom stereocenters. The van der Waals surface area contributed by atoms with Crippen LogP contribution in [0.4, 0.5) is 4.79 Å². The molecule has 0 bridgehead atoms. The Morgan fingerprint density at radius 2 is 1.80 bits per heavy atom. The number of hydrogen-bond donors (Lipinski definition) is 0. The van der Waals surface area contributed by atoms with Gasteiger partial charge in [-0.25, -0.2) is 0 Å². The highest BCUT2D eigenvalue weighted by atomic mass is 16.7. The van der Waals surface area contributed by atoms with E-state index in [9.17, 15) is 9.90 Å². The summed E-state index contributed by atoms with van der Waals surface area (Å²) in [5.41, 5.74) is 0. The lowest BCUT2D eigenvalue weighted by atomic mass is 10.3. The van der Waals surface area contributed by atoms with Crippen molar-refractivity contribution in [2.45, 2.75) is 0 Å². The van der Waals surface area contributed by atoms with Crippen molar-refractivity contribution in [2.24, 2.45) is 0 Å². The molecule has 0 amide bonds. The molecule has 0 aliphatic carbocycles. The summed E-state index contributed by atoms with van der Waals surface area (Å²) in [4.78, 5) is 9.84. The van der Waals surface area contributed by atoms with E-state index in [1.165, 1.54) is 12.1 Å². The second-order valence-electron chi connectivity index (χ2n) is 1.67. The number of rotatable bonds is 1. The molecule has 10 heavy (non-hydrogen) atoms. The van der Waals surface area contributed by atoms with Crippen molar-refractivity contribution in [3.63, 3.8) is 0 Å². The Hall–Kier alpha value is -1.51. The first-order valence-corrected chi connectivity index (χ1v) is 2.73. The van der Waals surface area contributed by atoms with Gasteiger partial charge in [0.1, 0.15) is 5.75 Å². The van der Waals surface area contributed by atoms with E-state index < -0.39 is 6.16 Å². The fourth-order valence-electron chi connectivity index (χ4n) is 0.585. The summed E-state index contributed by atoms with van der Waals surface area (Å²) in [6.45, 7) is 0. The van der Waals surface area contributed by atoms with Crippen LogP contribution in [-0.4, -0.2) is 6.16 Å². The summed E-state index contributed by atoms with van der Waals surface area (Å²) < 4.78 is 4.22. The zero-order valence-corrected chi connectivity index (χ0v) is 5.11. The number of carbonyl (C=O) groups excluding carboxylic acids is 1. The van der Waals surface area contributed by atoms with Gasteiger partial charge in [0.05, 0.1) is 0 Å². The average Bonchev–Trinajstić information content (AvgIpc) is 1.88. The number of carbonyl (C=O) groups is 1. The largest absolute Gasteiger partial charge is 0.555 e. The van der Waals surface area contributed by atoms with E-state index in [4.69, 9.17) is 0 Å². The maximum Gasteiger partial charge on any atom is 0.555 e. The van der Waals surface area contributed by atoms with E-state index in [0.717, 1.165) is 0 Å². The van der Waals surface area contributed by atoms with Gasteiger partial charge in [0.15, 0.2) is 0 Å². The highest BCUT2D eigenvalue weighted by Gasteiger charge is 1.99. The van der Waals surface area contributed by atoms with Crippen molar-refractivity contribution < 1.29 is 14.6 Å². The molecular formula is C7H5O3. The SMILES string of the molecule is [O]C(=O)Oc1ccccc1. The molecule has 0 aliphatic rings. The van der Waals surface area contributed by atoms with Crippen LogP contribution in [0.3, 0.4) is 0 Å². The highest BCUT2D eigenvalue weighted by molar-refractivity contribution is 5.60. The molecule has 0 aromatic heterocycles. The molecule has 0 saturated carbocycles. The Bertz CT molecular complexity index is 218. The number of para-hydroxylation sites is 1. The fraction of sp³-hybridized carbons (Fsp3) is 0. The van der Waals surface area contributed by atoms with Gasteiger partial charge in [0, 0.05) is 0 Å². The molecule has 3 nitrogen and oxygen atoms in total. The minimum absolute atomic E-state index is 0.280. The minimum Gasteiger partial charge on any atom is -0.392 e. The number of ether oxygens (including phenoxy) is 1. The standard InChI is InChI=1S/C7H5O3/c8-7(9)10-6-4-2-1-3-5-6/h1-5H. The molecule has 1 aromatic rings. The predicted molar refractivity (Wildman–Crippen MR) is 33.2 cm³/mol. The Morgan fingerprint density at radius 1 is 1.20 bits per heavy atom. The van der Waals surface area contributed by atoms with Gasteiger partial charge in [-0.2, -0.15) is 9.90 Å². The van der Waals surface area contributed by atoms with Gasteiger partial charge in [-0.15, -0.1) is 0 Å². The molecule has 0 heterocycles. The fourth-order valence-corrected chi connectivity index (χ4v) is 0.585. The van der Waals surface area contributed by atoms with Crippen LogP contribution in [0.2, 0.25) is 0 Å². The molecular weight excluding hydrogens is 132 g/mol. The van der Waals surface area contributed by atoms with Crippen molar-refractivity contribution >= 4 is 6.16 Å². The van der Waals surface area contributed by atoms with E-state index in [1.54, 1.807) is 18.2 Å². The molecule has 0 N–H and O–H groups in total. The van der Waals surface area contributed by atoms with Crippen molar-refractivity contribution in [3.8, 4) is 5.75 Å². The first kappa shape index (κ1) is 6.61. The molecule has 1 aromatic carbocycles. The zero-order valence-electron chi connectivity index (χ0n) is 5.11. The summed E-state index contributed by atoms with van der Waals surface area (Å²) in [7, 11) is 0. The Balaban J connectivity index is 2.67. The molecule has 0 aliphatic heterocycles. The summed E-state index contributed by atoms with van der Waals surface area (Å²) in [5.74, 6) is 0.280. The third kappa shape index (κ3) is 1.78. The third-order valence-electron chi connectivity index (χ3n) is 0.944. The van der Waals surface area contributed by atoms with Gasteiger partial charge >= 0.3 is 6.16 Å². The molecule has 51 valence electrons. The highest BCUT2D eigenvalue weighted by Crippen LogP contribution is 2.07. The van der Waals surface area contributed by atoms with Gasteiger partial charge in [-0.1, -0.05) is 18.2 Å². The van der Waals surface area contributed by atoms with E-state index >= 15 is 0 Å². The first-order valence-electron chi connectivity index (χ1n) is 2.73. The monoisotopic (exact) mass is 137 g/mol.